The van der Waals surface area contributed by atoms with Crippen molar-refractivity contribution in [2.24, 2.45) is 0 Å². The van der Waals surface area contributed by atoms with Gasteiger partial charge in [0.25, 0.3) is 0 Å². The molecule has 0 heterocycles. The van der Waals surface area contributed by atoms with Gasteiger partial charge in [-0.25, -0.2) is 12.8 Å². The van der Waals surface area contributed by atoms with Crippen molar-refractivity contribution in [2.75, 3.05) is 0 Å². The molecule has 1 rings (SSSR count). The van der Waals surface area contributed by atoms with Crippen molar-refractivity contribution >= 4 is 10.1 Å². The minimum absolute atomic E-state index is 0. The fourth-order valence-corrected chi connectivity index (χ4v) is 1.50. The van der Waals surface area contributed by atoms with E-state index in [2.05, 4.69) is 0 Å². The van der Waals surface area contributed by atoms with Gasteiger partial charge in [-0.2, -0.15) is 0 Å². The van der Waals surface area contributed by atoms with Crippen molar-refractivity contribution in [3.63, 3.8) is 0 Å². The zero-order chi connectivity index (χ0) is 10.9. The summed E-state index contributed by atoms with van der Waals surface area (Å²) in [6.45, 7) is 1.59. The van der Waals surface area contributed by atoms with Crippen LogP contribution in [0.1, 0.15) is 16.6 Å². The van der Waals surface area contributed by atoms with E-state index in [1.54, 1.807) is 6.92 Å². The van der Waals surface area contributed by atoms with Gasteiger partial charge in [0.1, 0.15) is 15.9 Å². The Morgan fingerprint density at radius 1 is 1.47 bits per heavy atom. The van der Waals surface area contributed by atoms with Crippen LogP contribution in [0.3, 0.4) is 0 Å². The fourth-order valence-electron chi connectivity index (χ4n) is 1.01. The van der Waals surface area contributed by atoms with Crippen LogP contribution in [0.15, 0.2) is 18.2 Å². The van der Waals surface area contributed by atoms with E-state index in [9.17, 15) is 17.4 Å². The number of aliphatic hydroxyl groups is 1. The van der Waals surface area contributed by atoms with Gasteiger partial charge in [0.05, 0.1) is 0 Å². The second-order valence-electron chi connectivity index (χ2n) is 2.87. The largest absolute Gasteiger partial charge is 1.00 e. The third-order valence-corrected chi connectivity index (χ3v) is 2.49. The minimum Gasteiger partial charge on any atom is -0.746 e. The summed E-state index contributed by atoms with van der Waals surface area (Å²) in [5.74, 6) is -0.914. The van der Waals surface area contributed by atoms with Gasteiger partial charge in [-0.1, -0.05) is 11.6 Å². The first-order valence-corrected chi connectivity index (χ1v) is 5.18. The Hall–Kier alpha value is 0.0200. The minimum atomic E-state index is -4.93. The number of rotatable bonds is 2. The van der Waals surface area contributed by atoms with Gasteiger partial charge in [-0.15, -0.1) is 0 Å². The van der Waals surface area contributed by atoms with Gasteiger partial charge in [-0.3, -0.25) is 0 Å². The predicted molar refractivity (Wildman–Crippen MR) is 45.8 cm³/mol. The molecule has 0 aliphatic carbocycles. The Morgan fingerprint density at radius 2 is 2.00 bits per heavy atom. The molecule has 0 aliphatic heterocycles. The summed E-state index contributed by atoms with van der Waals surface area (Å²) >= 11 is 0. The Balaban J connectivity index is 0.00000196. The molecule has 7 heteroatoms. The molecular weight excluding hydrogens is 234 g/mol. The topological polar surface area (TPSA) is 77.4 Å². The molecule has 0 fully saturated rings. The van der Waals surface area contributed by atoms with E-state index in [1.807, 2.05) is 0 Å². The molecule has 78 valence electrons. The summed E-state index contributed by atoms with van der Waals surface area (Å²) in [5.41, 5.74) is -2.30. The molecule has 0 aliphatic rings. The molecule has 1 N–H and O–H groups in total. The van der Waals surface area contributed by atoms with E-state index in [1.165, 1.54) is 6.07 Å². The summed E-state index contributed by atoms with van der Waals surface area (Å²) in [6.07, 6.45) is 0. The number of benzene rings is 1. The third-order valence-electron chi connectivity index (χ3n) is 1.69. The molecule has 0 radical (unpaired) electrons. The maximum absolute atomic E-state index is 13.0. The van der Waals surface area contributed by atoms with E-state index in [4.69, 9.17) is 5.11 Å². The predicted octanol–water partition coefficient (Wildman–Crippen LogP) is -2.33. The smallest absolute Gasteiger partial charge is 0.746 e. The van der Waals surface area contributed by atoms with E-state index >= 15 is 0 Å². The Bertz CT molecular complexity index is 446. The van der Waals surface area contributed by atoms with Crippen molar-refractivity contribution in [2.45, 2.75) is 12.4 Å². The van der Waals surface area contributed by atoms with Crippen molar-refractivity contribution in [3.8, 4) is 0 Å². The standard InChI is InChI=1S/C8H9FO4S.Na/c1-5-2-3-7(9)6(4-5)8(10)14(11,12)13;/h2-4,8,10H,1H3,(H,11,12,13);/q;+1/p-1. The number of hydrogen-bond donors (Lipinski definition) is 1. The van der Waals surface area contributed by atoms with Gasteiger partial charge in [0.15, 0.2) is 5.44 Å². The monoisotopic (exact) mass is 242 g/mol. The van der Waals surface area contributed by atoms with Crippen LogP contribution >= 0.6 is 0 Å². The quantitative estimate of drug-likeness (QED) is 0.466. The molecule has 15 heavy (non-hydrogen) atoms. The van der Waals surface area contributed by atoms with Crippen LogP contribution < -0.4 is 29.6 Å². The van der Waals surface area contributed by atoms with Crippen LogP contribution in [0.25, 0.3) is 0 Å². The second-order valence-corrected chi connectivity index (χ2v) is 4.30. The Morgan fingerprint density at radius 3 is 2.47 bits per heavy atom. The van der Waals surface area contributed by atoms with E-state index < -0.39 is 26.9 Å². The van der Waals surface area contributed by atoms with Crippen LogP contribution in [0.4, 0.5) is 4.39 Å². The van der Waals surface area contributed by atoms with Crippen LogP contribution in [0.2, 0.25) is 0 Å². The van der Waals surface area contributed by atoms with E-state index in [0.717, 1.165) is 12.1 Å². The third kappa shape index (κ3) is 3.82. The summed E-state index contributed by atoms with van der Waals surface area (Å²) in [7, 11) is -4.93. The number of aryl methyl sites for hydroxylation is 1. The van der Waals surface area contributed by atoms with Crippen LogP contribution in [-0.2, 0) is 10.1 Å². The maximum Gasteiger partial charge on any atom is 1.00 e. The molecule has 0 amide bonds. The van der Waals surface area contributed by atoms with Crippen molar-refractivity contribution in [1.29, 1.82) is 0 Å². The van der Waals surface area contributed by atoms with Gasteiger partial charge >= 0.3 is 29.6 Å². The molecule has 0 saturated heterocycles. The number of halogens is 1. The van der Waals surface area contributed by atoms with Crippen LogP contribution in [0.5, 0.6) is 0 Å². The number of aliphatic hydroxyl groups excluding tert-OH is 1. The summed E-state index contributed by atoms with van der Waals surface area (Å²) in [6, 6.07) is 3.53. The first kappa shape index (κ1) is 15.0. The SMILES string of the molecule is Cc1ccc(F)c(C(O)S(=O)(=O)[O-])c1.[Na+]. The summed E-state index contributed by atoms with van der Waals surface area (Å²) < 4.78 is 44.3. The first-order valence-electron chi connectivity index (χ1n) is 3.71. The van der Waals surface area contributed by atoms with Crippen LogP contribution in [0, 0.1) is 12.7 Å². The molecule has 1 unspecified atom stereocenters. The Kier molecular flexibility index (Phi) is 5.39. The molecule has 0 bridgehead atoms. The second kappa shape index (κ2) is 5.38. The molecule has 1 aromatic carbocycles. The van der Waals surface area contributed by atoms with Crippen molar-refractivity contribution in [1.82, 2.24) is 0 Å². The molecule has 4 nitrogen and oxygen atoms in total. The summed E-state index contributed by atoms with van der Waals surface area (Å²) in [5, 5.41) is 9.02. The van der Waals surface area contributed by atoms with Gasteiger partial charge in [-0.05, 0) is 19.1 Å². The molecule has 1 aromatic rings. The normalized spacial score (nSPS) is 13.1. The van der Waals surface area contributed by atoms with Crippen molar-refractivity contribution < 1.29 is 52.0 Å². The van der Waals surface area contributed by atoms with Gasteiger partial charge in [0.2, 0.25) is 0 Å². The summed E-state index contributed by atoms with van der Waals surface area (Å²) in [4.78, 5) is 0. The van der Waals surface area contributed by atoms with Crippen LogP contribution in [-0.4, -0.2) is 18.1 Å². The zero-order valence-corrected chi connectivity index (χ0v) is 11.1. The van der Waals surface area contributed by atoms with E-state index in [0.29, 0.717) is 5.56 Å². The molecule has 0 aromatic heterocycles. The Labute approximate surface area is 109 Å². The molecular formula is C8H8FNaO4S. The fraction of sp³-hybridized carbons (Fsp3) is 0.250. The average molecular weight is 242 g/mol. The average Bonchev–Trinajstić information content (AvgIpc) is 2.06. The van der Waals surface area contributed by atoms with E-state index in [-0.39, 0.29) is 29.6 Å². The molecule has 1 atom stereocenters. The van der Waals surface area contributed by atoms with Gasteiger partial charge < -0.3 is 9.66 Å². The zero-order valence-electron chi connectivity index (χ0n) is 8.27. The maximum atomic E-state index is 13.0. The first-order chi connectivity index (χ1) is 6.32. The molecule has 0 saturated carbocycles. The van der Waals surface area contributed by atoms with Crippen molar-refractivity contribution in [3.05, 3.63) is 35.1 Å². The number of hydrogen-bond acceptors (Lipinski definition) is 4. The molecule has 0 spiro atoms. The van der Waals surface area contributed by atoms with Gasteiger partial charge in [0, 0.05) is 5.56 Å².